The average molecular weight is 356 g/mol. The summed E-state index contributed by atoms with van der Waals surface area (Å²) in [6.07, 6.45) is -0.718. The average Bonchev–Trinajstić information content (AvgIpc) is 2.16. The van der Waals surface area contributed by atoms with Crippen molar-refractivity contribution in [1.29, 1.82) is 0 Å². The summed E-state index contributed by atoms with van der Waals surface area (Å²) in [4.78, 5) is 60.8. The van der Waals surface area contributed by atoms with E-state index in [1.165, 1.54) is 13.8 Å². The van der Waals surface area contributed by atoms with Crippen LogP contribution >= 0.6 is 0 Å². The summed E-state index contributed by atoms with van der Waals surface area (Å²) in [6, 6.07) is 0. The first-order chi connectivity index (χ1) is 8.07. The van der Waals surface area contributed by atoms with Crippen LogP contribution in [0.15, 0.2) is 0 Å². The van der Waals surface area contributed by atoms with Crippen LogP contribution in [0.25, 0.3) is 0 Å². The third kappa shape index (κ3) is 17.1. The number of ketones is 4. The van der Waals surface area contributed by atoms with Gasteiger partial charge < -0.3 is 34.8 Å². The second kappa shape index (κ2) is 12.1. The van der Waals surface area contributed by atoms with Crippen molar-refractivity contribution in [2.24, 2.45) is 0 Å². The number of rotatable bonds is 6. The van der Waals surface area contributed by atoms with Gasteiger partial charge in [-0.25, -0.2) is 0 Å². The van der Waals surface area contributed by atoms with Gasteiger partial charge in [0.05, 0.1) is 23.1 Å². The van der Waals surface area contributed by atoms with E-state index in [0.29, 0.717) is 0 Å². The summed E-state index contributed by atoms with van der Waals surface area (Å²) >= 11 is 7.96. The van der Waals surface area contributed by atoms with Crippen LogP contribution in [0.1, 0.15) is 26.7 Å². The molecule has 0 bridgehead atoms. The van der Waals surface area contributed by atoms with E-state index in [9.17, 15) is 28.8 Å². The fraction of sp³-hybridized carbons (Fsp3) is 0.400. The molecule has 0 aliphatic heterocycles. The van der Waals surface area contributed by atoms with Crippen LogP contribution in [0.3, 0.4) is 0 Å². The van der Waals surface area contributed by atoms with Gasteiger partial charge >= 0.3 is 19.5 Å². The van der Waals surface area contributed by atoms with Crippen molar-refractivity contribution in [3.8, 4) is 0 Å². The fourth-order valence-electron chi connectivity index (χ4n) is 0.597. The Kier molecular flexibility index (Phi) is 14.8. The SMILES string of the molecule is CC(=O)CC(=O)C(=O)[S-].CC(=O)CC(=O)C(=O)[S-].[Zn+2]. The Bertz CT molecular complexity index is 367. The van der Waals surface area contributed by atoms with Crippen LogP contribution in [0.4, 0.5) is 0 Å². The molecule has 0 aliphatic rings. The van der Waals surface area contributed by atoms with Gasteiger partial charge in [0.15, 0.2) is 11.6 Å². The van der Waals surface area contributed by atoms with Gasteiger partial charge in [0.1, 0.15) is 11.6 Å². The fourth-order valence-corrected chi connectivity index (χ4v) is 0.741. The molecule has 0 saturated carbocycles. The molecule has 0 fully saturated rings. The summed E-state index contributed by atoms with van der Waals surface area (Å²) < 4.78 is 0. The van der Waals surface area contributed by atoms with Crippen molar-refractivity contribution >= 4 is 58.6 Å². The Morgan fingerprint density at radius 1 is 0.684 bits per heavy atom. The minimum atomic E-state index is -0.967. The van der Waals surface area contributed by atoms with Crippen molar-refractivity contribution in [2.75, 3.05) is 0 Å². The van der Waals surface area contributed by atoms with Gasteiger partial charge in [-0.15, -0.1) is 0 Å². The van der Waals surface area contributed by atoms with E-state index in [4.69, 9.17) is 0 Å². The third-order valence-electron chi connectivity index (χ3n) is 1.27. The van der Waals surface area contributed by atoms with Crippen LogP contribution in [0, 0.1) is 0 Å². The molecule has 0 aliphatic carbocycles. The summed E-state index contributed by atoms with van der Waals surface area (Å²) in [7, 11) is 0. The Balaban J connectivity index is -0.000000256. The Hall–Kier alpha value is -0.917. The van der Waals surface area contributed by atoms with Crippen molar-refractivity contribution in [2.45, 2.75) is 26.7 Å². The van der Waals surface area contributed by atoms with Crippen molar-refractivity contribution in [3.63, 3.8) is 0 Å². The zero-order valence-corrected chi connectivity index (χ0v) is 15.0. The number of carbonyl (C=O) groups is 6. The van der Waals surface area contributed by atoms with Crippen LogP contribution in [0.5, 0.6) is 0 Å². The topological polar surface area (TPSA) is 102 Å². The van der Waals surface area contributed by atoms with E-state index in [1.807, 2.05) is 0 Å². The molecule has 0 unspecified atom stereocenters. The molecule has 0 atom stereocenters. The summed E-state index contributed by atoms with van der Waals surface area (Å²) in [6.45, 7) is 2.46. The second-order valence-electron chi connectivity index (χ2n) is 3.18. The normalized spacial score (nSPS) is 8.11. The molecule has 0 saturated heterocycles. The minimum absolute atomic E-state index is 0. The molecule has 0 radical (unpaired) electrons. The number of hydrogen-bond donors (Lipinski definition) is 0. The maximum Gasteiger partial charge on any atom is 2.00 e. The maximum absolute atomic E-state index is 10.3. The number of carbonyl (C=O) groups excluding carboxylic acids is 6. The van der Waals surface area contributed by atoms with Gasteiger partial charge in [-0.3, -0.25) is 19.2 Å². The molecule has 0 spiro atoms. The quantitative estimate of drug-likeness (QED) is 0.264. The van der Waals surface area contributed by atoms with Gasteiger partial charge in [-0.1, -0.05) is 0 Å². The molecule has 6 nitrogen and oxygen atoms in total. The van der Waals surface area contributed by atoms with Gasteiger partial charge in [0.2, 0.25) is 0 Å². The predicted molar refractivity (Wildman–Crippen MR) is 65.4 cm³/mol. The van der Waals surface area contributed by atoms with E-state index >= 15 is 0 Å². The molecular formula is C10H10O6S2Zn. The third-order valence-corrected chi connectivity index (χ3v) is 1.73. The molecule has 19 heavy (non-hydrogen) atoms. The smallest absolute Gasteiger partial charge is 0.734 e. The summed E-state index contributed by atoms with van der Waals surface area (Å²) in [5.74, 6) is -2.26. The van der Waals surface area contributed by atoms with Crippen molar-refractivity contribution in [1.82, 2.24) is 0 Å². The van der Waals surface area contributed by atoms with Crippen molar-refractivity contribution in [3.05, 3.63) is 0 Å². The number of Topliss-reactive ketones (excluding diaryl/α,β-unsaturated/α-hetero) is 4. The largest absolute Gasteiger partial charge is 2.00 e. The Labute approximate surface area is 133 Å². The molecule has 100 valence electrons. The molecule has 0 amide bonds. The Morgan fingerprint density at radius 3 is 0.947 bits per heavy atom. The standard InChI is InChI=1S/2C5H6O3S.Zn/c2*1-3(6)2-4(7)5(8)9;/h2*2H2,1H3,(H,8,9);/q;;+2/p-2. The monoisotopic (exact) mass is 354 g/mol. The molecule has 0 rings (SSSR count). The van der Waals surface area contributed by atoms with Crippen molar-refractivity contribution < 1.29 is 48.2 Å². The maximum atomic E-state index is 10.3. The van der Waals surface area contributed by atoms with Crippen LogP contribution in [-0.2, 0) is 73.5 Å². The van der Waals surface area contributed by atoms with E-state index in [0.717, 1.165) is 0 Å². The first kappa shape index (κ1) is 23.2. The van der Waals surface area contributed by atoms with Crippen LogP contribution in [0.2, 0.25) is 0 Å². The minimum Gasteiger partial charge on any atom is -0.734 e. The molecular weight excluding hydrogens is 346 g/mol. The molecule has 9 heteroatoms. The zero-order chi connectivity index (χ0) is 14.9. The molecule has 0 aromatic heterocycles. The van der Waals surface area contributed by atoms with E-state index < -0.39 is 21.8 Å². The van der Waals surface area contributed by atoms with Gasteiger partial charge in [0, 0.05) is 0 Å². The summed E-state index contributed by atoms with van der Waals surface area (Å²) in [5, 5.41) is -1.93. The molecule has 0 aromatic rings. The first-order valence-electron chi connectivity index (χ1n) is 4.55. The zero-order valence-electron chi connectivity index (χ0n) is 10.4. The van der Waals surface area contributed by atoms with E-state index in [-0.39, 0.29) is 43.9 Å². The molecule has 0 N–H and O–H groups in total. The van der Waals surface area contributed by atoms with Crippen LogP contribution < -0.4 is 0 Å². The molecule has 0 heterocycles. The number of hydrogen-bond acceptors (Lipinski definition) is 8. The predicted octanol–water partition coefficient (Wildman–Crippen LogP) is -0.786. The van der Waals surface area contributed by atoms with Gasteiger partial charge in [0.25, 0.3) is 0 Å². The second-order valence-corrected chi connectivity index (χ2v) is 3.92. The van der Waals surface area contributed by atoms with Gasteiger partial charge in [-0.05, 0) is 13.8 Å². The van der Waals surface area contributed by atoms with Crippen LogP contribution in [-0.4, -0.2) is 33.4 Å². The Morgan fingerprint density at radius 2 is 0.895 bits per heavy atom. The van der Waals surface area contributed by atoms with E-state index in [1.54, 1.807) is 0 Å². The molecule has 0 aromatic carbocycles. The van der Waals surface area contributed by atoms with Gasteiger partial charge in [-0.2, -0.15) is 0 Å². The first-order valence-corrected chi connectivity index (χ1v) is 5.36. The summed E-state index contributed by atoms with van der Waals surface area (Å²) in [5.41, 5.74) is 0. The van der Waals surface area contributed by atoms with E-state index in [2.05, 4.69) is 25.3 Å².